The fourth-order valence-corrected chi connectivity index (χ4v) is 5.08. The number of hydrogen-bond donors (Lipinski definition) is 2. The molecule has 0 fully saturated rings. The molecule has 0 aliphatic carbocycles. The highest BCUT2D eigenvalue weighted by Gasteiger charge is 2.20. The Balaban J connectivity index is 1.78. The van der Waals surface area contributed by atoms with E-state index in [0.29, 0.717) is 0 Å². The Hall–Kier alpha value is -1.67. The van der Waals surface area contributed by atoms with Crippen LogP contribution in [0.3, 0.4) is 0 Å². The first-order valence-electron chi connectivity index (χ1n) is 7.72. The van der Waals surface area contributed by atoms with Crippen molar-refractivity contribution in [2.24, 2.45) is 7.05 Å². The van der Waals surface area contributed by atoms with Crippen LogP contribution in [0.5, 0.6) is 0 Å². The molecule has 1 atom stereocenters. The summed E-state index contributed by atoms with van der Waals surface area (Å²) in [5.74, 6) is 0. The van der Waals surface area contributed by atoms with Gasteiger partial charge in [-0.3, -0.25) is 0 Å². The normalized spacial score (nSPS) is 13.5. The van der Waals surface area contributed by atoms with Crippen molar-refractivity contribution in [3.8, 4) is 0 Å². The van der Waals surface area contributed by atoms with Crippen LogP contribution in [0.1, 0.15) is 23.5 Å². The fraction of sp³-hybridized carbons (Fsp3) is 0.294. The molecule has 3 aromatic rings. The highest BCUT2D eigenvalue weighted by molar-refractivity contribution is 7.91. The molecule has 0 bridgehead atoms. The number of aliphatic hydroxyl groups excluding tert-OH is 1. The van der Waals surface area contributed by atoms with Gasteiger partial charge in [0.25, 0.3) is 0 Å². The molecule has 24 heavy (non-hydrogen) atoms. The number of rotatable bonds is 6. The Morgan fingerprint density at radius 2 is 2.00 bits per heavy atom. The number of nitrogens with one attached hydrogen (secondary N) is 1. The lowest BCUT2D eigenvalue weighted by atomic mass is 10.1. The number of sulfonamides is 1. The number of nitrogens with zero attached hydrogens (tertiary/aromatic N) is 1. The van der Waals surface area contributed by atoms with E-state index in [-0.39, 0.29) is 10.8 Å². The van der Waals surface area contributed by atoms with Gasteiger partial charge in [-0.25, -0.2) is 13.1 Å². The minimum atomic E-state index is -3.60. The first kappa shape index (κ1) is 17.2. The average Bonchev–Trinajstić information content (AvgIpc) is 3.19. The zero-order valence-electron chi connectivity index (χ0n) is 13.6. The number of aliphatic hydroxyl groups is 1. The number of aromatic nitrogens is 1. The van der Waals surface area contributed by atoms with Crippen molar-refractivity contribution in [3.63, 3.8) is 0 Å². The second kappa shape index (κ2) is 6.68. The predicted octanol–water partition coefficient (Wildman–Crippen LogP) is 2.81. The van der Waals surface area contributed by atoms with Gasteiger partial charge in [0, 0.05) is 41.1 Å². The lowest BCUT2D eigenvalue weighted by Crippen LogP contribution is -2.27. The summed E-state index contributed by atoms with van der Waals surface area (Å²) in [4.78, 5) is 1.02. The molecular weight excluding hydrogens is 344 g/mol. The Kier molecular flexibility index (Phi) is 4.78. The molecule has 0 saturated heterocycles. The summed E-state index contributed by atoms with van der Waals surface area (Å²) in [5, 5.41) is 11.4. The molecule has 1 aromatic carbocycles. The van der Waals surface area contributed by atoms with Gasteiger partial charge in [-0.2, -0.15) is 0 Å². The molecule has 2 aromatic heterocycles. The molecular formula is C17H20N2O3S2. The minimum absolute atomic E-state index is 0.0598. The first-order chi connectivity index (χ1) is 11.4. The van der Waals surface area contributed by atoms with Gasteiger partial charge in [0.2, 0.25) is 10.0 Å². The highest BCUT2D eigenvalue weighted by atomic mass is 32.2. The van der Waals surface area contributed by atoms with Crippen molar-refractivity contribution in [3.05, 3.63) is 53.0 Å². The summed E-state index contributed by atoms with van der Waals surface area (Å²) in [6.07, 6.45) is 1.74. The van der Waals surface area contributed by atoms with Gasteiger partial charge in [-0.15, -0.1) is 11.3 Å². The lowest BCUT2D eigenvalue weighted by molar-refractivity contribution is 0.183. The molecule has 0 aliphatic rings. The number of hydrogen-bond acceptors (Lipinski definition) is 4. The van der Waals surface area contributed by atoms with E-state index in [1.165, 1.54) is 11.3 Å². The second-order valence-electron chi connectivity index (χ2n) is 5.65. The van der Waals surface area contributed by atoms with Crippen LogP contribution in [0, 0.1) is 0 Å². The van der Waals surface area contributed by atoms with Gasteiger partial charge in [-0.1, -0.05) is 25.1 Å². The third-order valence-corrected chi connectivity index (χ3v) is 7.15. The molecule has 0 saturated carbocycles. The summed E-state index contributed by atoms with van der Waals surface area (Å²) in [5.41, 5.74) is 1.72. The van der Waals surface area contributed by atoms with E-state index in [1.54, 1.807) is 6.07 Å². The Bertz CT molecular complexity index is 957. The zero-order valence-corrected chi connectivity index (χ0v) is 15.2. The molecule has 0 aliphatic heterocycles. The van der Waals surface area contributed by atoms with E-state index in [9.17, 15) is 13.5 Å². The Labute approximate surface area is 145 Å². The monoisotopic (exact) mass is 364 g/mol. The topological polar surface area (TPSA) is 71.3 Å². The average molecular weight is 364 g/mol. The van der Waals surface area contributed by atoms with Gasteiger partial charge in [-0.05, 0) is 24.6 Å². The van der Waals surface area contributed by atoms with E-state index in [2.05, 4.69) is 4.72 Å². The van der Waals surface area contributed by atoms with Crippen molar-refractivity contribution in [1.29, 1.82) is 0 Å². The summed E-state index contributed by atoms with van der Waals surface area (Å²) in [6, 6.07) is 11.2. The van der Waals surface area contributed by atoms with Crippen molar-refractivity contribution < 1.29 is 13.5 Å². The number of thiophene rings is 1. The number of aryl methyl sites for hydroxylation is 2. The van der Waals surface area contributed by atoms with Gasteiger partial charge < -0.3 is 9.67 Å². The second-order valence-corrected chi connectivity index (χ2v) is 8.82. The maximum atomic E-state index is 12.3. The SMILES string of the molecule is CCc1ccc(S(=O)(=O)NCC(O)c2cn(C)c3ccccc23)s1. The molecule has 7 heteroatoms. The molecule has 128 valence electrons. The third-order valence-electron chi connectivity index (χ3n) is 4.00. The maximum Gasteiger partial charge on any atom is 0.250 e. The summed E-state index contributed by atoms with van der Waals surface area (Å²) in [6.45, 7) is 1.93. The van der Waals surface area contributed by atoms with Crippen LogP contribution in [-0.2, 0) is 23.5 Å². The summed E-state index contributed by atoms with van der Waals surface area (Å²) >= 11 is 1.26. The predicted molar refractivity (Wildman–Crippen MR) is 96.8 cm³/mol. The third kappa shape index (κ3) is 3.25. The van der Waals surface area contributed by atoms with E-state index < -0.39 is 16.1 Å². The van der Waals surface area contributed by atoms with Crippen LogP contribution in [0.15, 0.2) is 46.8 Å². The van der Waals surface area contributed by atoms with Crippen LogP contribution in [0.25, 0.3) is 10.9 Å². The quantitative estimate of drug-likeness (QED) is 0.706. The van der Waals surface area contributed by atoms with E-state index in [0.717, 1.165) is 27.8 Å². The van der Waals surface area contributed by atoms with Gasteiger partial charge >= 0.3 is 0 Å². The highest BCUT2D eigenvalue weighted by Crippen LogP contribution is 2.26. The number of para-hydroxylation sites is 1. The standard InChI is InChI=1S/C17H20N2O3S2/c1-3-12-8-9-17(23-12)24(21,22)18-10-16(20)14-11-19(2)15-7-5-4-6-13(14)15/h4-9,11,16,18,20H,3,10H2,1-2H3. The van der Waals surface area contributed by atoms with Crippen LogP contribution < -0.4 is 4.72 Å². The Morgan fingerprint density at radius 1 is 1.25 bits per heavy atom. The van der Waals surface area contributed by atoms with Crippen molar-refractivity contribution >= 4 is 32.3 Å². The molecule has 3 rings (SSSR count). The largest absolute Gasteiger partial charge is 0.387 e. The van der Waals surface area contributed by atoms with Crippen LogP contribution in [0.2, 0.25) is 0 Å². The minimum Gasteiger partial charge on any atom is -0.387 e. The van der Waals surface area contributed by atoms with Gasteiger partial charge in [0.1, 0.15) is 4.21 Å². The van der Waals surface area contributed by atoms with Crippen LogP contribution in [-0.4, -0.2) is 24.6 Å². The first-order valence-corrected chi connectivity index (χ1v) is 10.0. The van der Waals surface area contributed by atoms with Gasteiger partial charge in [0.15, 0.2) is 0 Å². The van der Waals surface area contributed by atoms with Crippen LogP contribution in [0.4, 0.5) is 0 Å². The molecule has 0 amide bonds. The smallest absolute Gasteiger partial charge is 0.250 e. The molecule has 1 unspecified atom stereocenters. The number of fused-ring (bicyclic) bond motifs is 1. The zero-order chi connectivity index (χ0) is 17.3. The molecule has 5 nitrogen and oxygen atoms in total. The van der Waals surface area contributed by atoms with Crippen molar-refractivity contribution in [1.82, 2.24) is 9.29 Å². The van der Waals surface area contributed by atoms with E-state index in [1.807, 2.05) is 55.1 Å². The molecule has 0 radical (unpaired) electrons. The van der Waals surface area contributed by atoms with Crippen molar-refractivity contribution in [2.75, 3.05) is 6.54 Å². The van der Waals surface area contributed by atoms with Crippen molar-refractivity contribution in [2.45, 2.75) is 23.7 Å². The molecule has 2 heterocycles. The molecule has 0 spiro atoms. The maximum absolute atomic E-state index is 12.3. The van der Waals surface area contributed by atoms with Crippen LogP contribution >= 0.6 is 11.3 Å². The van der Waals surface area contributed by atoms with E-state index in [4.69, 9.17) is 0 Å². The lowest BCUT2D eigenvalue weighted by Gasteiger charge is -2.11. The van der Waals surface area contributed by atoms with Gasteiger partial charge in [0.05, 0.1) is 6.10 Å². The number of benzene rings is 1. The summed E-state index contributed by atoms with van der Waals surface area (Å²) < 4.78 is 29.4. The Morgan fingerprint density at radius 3 is 2.71 bits per heavy atom. The summed E-state index contributed by atoms with van der Waals surface area (Å²) in [7, 11) is -1.69. The van der Waals surface area contributed by atoms with E-state index >= 15 is 0 Å². The fourth-order valence-electron chi connectivity index (χ4n) is 2.70. The molecule has 2 N–H and O–H groups in total.